The zero-order chi connectivity index (χ0) is 13.7. The summed E-state index contributed by atoms with van der Waals surface area (Å²) in [6.07, 6.45) is 6.73. The third-order valence-electron chi connectivity index (χ3n) is 3.37. The van der Waals surface area contributed by atoms with Crippen LogP contribution in [0.5, 0.6) is 0 Å². The highest BCUT2D eigenvalue weighted by atomic mass is 16.3. The topological polar surface area (TPSA) is 104 Å². The molecule has 0 radical (unpaired) electrons. The fraction of sp³-hybridized carbons (Fsp3) is 0.583. The minimum Gasteiger partial charge on any atom is -0.394 e. The fourth-order valence-electron chi connectivity index (χ4n) is 2.29. The number of hydrogen-bond acceptors (Lipinski definition) is 6. The Morgan fingerprint density at radius 3 is 2.89 bits per heavy atom. The van der Waals surface area contributed by atoms with E-state index in [1.807, 2.05) is 0 Å². The monoisotopic (exact) mass is 265 g/mol. The third kappa shape index (κ3) is 3.18. The van der Waals surface area contributed by atoms with Gasteiger partial charge in [-0.2, -0.15) is 0 Å². The molecule has 1 amide bonds. The molecular formula is C12H19N5O2. The predicted molar refractivity (Wildman–Crippen MR) is 70.2 cm³/mol. The summed E-state index contributed by atoms with van der Waals surface area (Å²) in [4.78, 5) is 22.1. The van der Waals surface area contributed by atoms with Crippen LogP contribution in [0.25, 0.3) is 0 Å². The summed E-state index contributed by atoms with van der Waals surface area (Å²) >= 11 is 0. The molecule has 1 aliphatic heterocycles. The second-order valence-corrected chi connectivity index (χ2v) is 4.62. The van der Waals surface area contributed by atoms with Crippen molar-refractivity contribution in [2.75, 3.05) is 18.6 Å². The average Bonchev–Trinajstić information content (AvgIpc) is 2.71. The van der Waals surface area contributed by atoms with E-state index in [-0.39, 0.29) is 24.2 Å². The number of aromatic nitrogens is 2. The maximum absolute atomic E-state index is 12.4. The largest absolute Gasteiger partial charge is 0.394 e. The number of nitrogens with zero attached hydrogens (tertiary/aromatic N) is 3. The van der Waals surface area contributed by atoms with Crippen molar-refractivity contribution < 1.29 is 9.90 Å². The molecule has 1 aromatic heterocycles. The SMILES string of the molecule is NNc1cnc(C(=O)N2CCCCCC2CO)cn1. The number of carbonyl (C=O) groups excluding carboxylic acids is 1. The minimum atomic E-state index is -0.183. The number of rotatable bonds is 3. The van der Waals surface area contributed by atoms with Gasteiger partial charge in [-0.15, -0.1) is 0 Å². The second-order valence-electron chi connectivity index (χ2n) is 4.62. The summed E-state index contributed by atoms with van der Waals surface area (Å²) in [6.45, 7) is 0.643. The molecule has 7 nitrogen and oxygen atoms in total. The van der Waals surface area contributed by atoms with Crippen LogP contribution in [-0.4, -0.2) is 45.1 Å². The molecule has 1 unspecified atom stereocenters. The number of aliphatic hydroxyl groups excluding tert-OH is 1. The Morgan fingerprint density at radius 1 is 1.42 bits per heavy atom. The van der Waals surface area contributed by atoms with E-state index in [0.717, 1.165) is 25.7 Å². The summed E-state index contributed by atoms with van der Waals surface area (Å²) in [5.41, 5.74) is 2.64. The summed E-state index contributed by atoms with van der Waals surface area (Å²) in [5, 5.41) is 9.41. The molecule has 1 atom stereocenters. The molecule has 0 aliphatic carbocycles. The number of carbonyl (C=O) groups is 1. The molecule has 1 aromatic rings. The van der Waals surface area contributed by atoms with Gasteiger partial charge in [0.2, 0.25) is 0 Å². The molecule has 1 aliphatic rings. The smallest absolute Gasteiger partial charge is 0.274 e. The Labute approximate surface area is 111 Å². The Kier molecular flexibility index (Phi) is 4.64. The van der Waals surface area contributed by atoms with Crippen LogP contribution >= 0.6 is 0 Å². The van der Waals surface area contributed by atoms with Crippen LogP contribution in [0.15, 0.2) is 12.4 Å². The van der Waals surface area contributed by atoms with E-state index >= 15 is 0 Å². The van der Waals surface area contributed by atoms with Crippen LogP contribution in [-0.2, 0) is 0 Å². The zero-order valence-electron chi connectivity index (χ0n) is 10.7. The molecular weight excluding hydrogens is 246 g/mol. The van der Waals surface area contributed by atoms with Gasteiger partial charge in [0.1, 0.15) is 5.69 Å². The highest BCUT2D eigenvalue weighted by molar-refractivity contribution is 5.92. The molecule has 0 aromatic carbocycles. The van der Waals surface area contributed by atoms with Crippen LogP contribution in [0.3, 0.4) is 0 Å². The molecule has 2 rings (SSSR count). The Hall–Kier alpha value is -1.73. The molecule has 19 heavy (non-hydrogen) atoms. The molecule has 1 fully saturated rings. The summed E-state index contributed by atoms with van der Waals surface area (Å²) in [6, 6.07) is -0.121. The van der Waals surface area contributed by atoms with Crippen molar-refractivity contribution in [2.24, 2.45) is 5.84 Å². The summed E-state index contributed by atoms with van der Waals surface area (Å²) < 4.78 is 0. The van der Waals surface area contributed by atoms with Gasteiger partial charge in [-0.05, 0) is 12.8 Å². The summed E-state index contributed by atoms with van der Waals surface area (Å²) in [5.74, 6) is 5.43. The van der Waals surface area contributed by atoms with Crippen molar-refractivity contribution in [3.05, 3.63) is 18.1 Å². The van der Waals surface area contributed by atoms with Gasteiger partial charge in [0.15, 0.2) is 5.82 Å². The van der Waals surface area contributed by atoms with Gasteiger partial charge >= 0.3 is 0 Å². The number of nitrogens with two attached hydrogens (primary N) is 1. The van der Waals surface area contributed by atoms with E-state index in [1.54, 1.807) is 4.90 Å². The van der Waals surface area contributed by atoms with E-state index in [9.17, 15) is 9.90 Å². The maximum Gasteiger partial charge on any atom is 0.274 e. The third-order valence-corrected chi connectivity index (χ3v) is 3.37. The lowest BCUT2D eigenvalue weighted by molar-refractivity contribution is 0.0593. The predicted octanol–water partition coefficient (Wildman–Crippen LogP) is 0.139. The maximum atomic E-state index is 12.4. The summed E-state index contributed by atoms with van der Waals surface area (Å²) in [7, 11) is 0. The molecule has 0 bridgehead atoms. The first-order valence-electron chi connectivity index (χ1n) is 6.46. The van der Waals surface area contributed by atoms with Crippen LogP contribution < -0.4 is 11.3 Å². The minimum absolute atomic E-state index is 0.0123. The lowest BCUT2D eigenvalue weighted by Gasteiger charge is -2.28. The number of likely N-dealkylation sites (tertiary alicyclic amines) is 1. The van der Waals surface area contributed by atoms with Gasteiger partial charge in [0, 0.05) is 6.54 Å². The Balaban J connectivity index is 2.15. The van der Waals surface area contributed by atoms with Gasteiger partial charge in [-0.25, -0.2) is 15.8 Å². The van der Waals surface area contributed by atoms with Crippen LogP contribution in [0.4, 0.5) is 5.82 Å². The number of hydrazine groups is 1. The highest BCUT2D eigenvalue weighted by Gasteiger charge is 2.26. The first kappa shape index (κ1) is 13.7. The lowest BCUT2D eigenvalue weighted by Crippen LogP contribution is -2.42. The van der Waals surface area contributed by atoms with E-state index in [0.29, 0.717) is 12.4 Å². The van der Waals surface area contributed by atoms with Gasteiger partial charge in [-0.3, -0.25) is 4.79 Å². The Bertz CT molecular complexity index is 423. The molecule has 104 valence electrons. The van der Waals surface area contributed by atoms with Crippen molar-refractivity contribution in [1.29, 1.82) is 0 Å². The normalized spacial score (nSPS) is 19.9. The number of hydrogen-bond donors (Lipinski definition) is 3. The van der Waals surface area contributed by atoms with Gasteiger partial charge in [0.25, 0.3) is 5.91 Å². The quantitative estimate of drug-likeness (QED) is 0.530. The number of amides is 1. The lowest BCUT2D eigenvalue weighted by atomic mass is 10.1. The molecule has 4 N–H and O–H groups in total. The second kappa shape index (κ2) is 6.44. The molecule has 1 saturated heterocycles. The number of nitrogens with one attached hydrogen (secondary N) is 1. The Morgan fingerprint density at radius 2 is 2.26 bits per heavy atom. The number of aliphatic hydroxyl groups is 1. The first-order valence-corrected chi connectivity index (χ1v) is 6.46. The first-order chi connectivity index (χ1) is 9.26. The molecule has 2 heterocycles. The fourth-order valence-corrected chi connectivity index (χ4v) is 2.29. The van der Waals surface area contributed by atoms with E-state index in [2.05, 4.69) is 15.4 Å². The van der Waals surface area contributed by atoms with E-state index in [4.69, 9.17) is 5.84 Å². The molecule has 7 heteroatoms. The zero-order valence-corrected chi connectivity index (χ0v) is 10.7. The van der Waals surface area contributed by atoms with Gasteiger partial charge in [0.05, 0.1) is 25.0 Å². The van der Waals surface area contributed by atoms with Crippen molar-refractivity contribution in [2.45, 2.75) is 31.7 Å². The van der Waals surface area contributed by atoms with Crippen molar-refractivity contribution >= 4 is 11.7 Å². The van der Waals surface area contributed by atoms with Crippen molar-refractivity contribution in [1.82, 2.24) is 14.9 Å². The van der Waals surface area contributed by atoms with E-state index in [1.165, 1.54) is 12.4 Å². The van der Waals surface area contributed by atoms with Crippen LogP contribution in [0, 0.1) is 0 Å². The van der Waals surface area contributed by atoms with Crippen molar-refractivity contribution in [3.63, 3.8) is 0 Å². The van der Waals surface area contributed by atoms with E-state index < -0.39 is 0 Å². The van der Waals surface area contributed by atoms with Crippen LogP contribution in [0.2, 0.25) is 0 Å². The number of nitrogen functional groups attached to an aromatic ring is 1. The highest BCUT2D eigenvalue weighted by Crippen LogP contribution is 2.18. The van der Waals surface area contributed by atoms with Crippen molar-refractivity contribution in [3.8, 4) is 0 Å². The molecule has 0 saturated carbocycles. The average molecular weight is 265 g/mol. The standard InChI is InChI=1S/C12H19N5O2/c13-16-11-7-14-10(6-15-11)12(19)17-5-3-1-2-4-9(17)8-18/h6-7,9,18H,1-5,8,13H2,(H,15,16). The molecule has 0 spiro atoms. The number of anilines is 1. The van der Waals surface area contributed by atoms with Gasteiger partial charge in [-0.1, -0.05) is 12.8 Å². The van der Waals surface area contributed by atoms with Gasteiger partial charge < -0.3 is 15.4 Å². The van der Waals surface area contributed by atoms with Crippen LogP contribution in [0.1, 0.15) is 36.2 Å².